The highest BCUT2D eigenvalue weighted by Gasteiger charge is 2.37. The lowest BCUT2D eigenvalue weighted by atomic mass is 10.3. The van der Waals surface area contributed by atoms with Gasteiger partial charge >= 0.3 is 17.6 Å². The molecule has 0 aliphatic carbocycles. The second kappa shape index (κ2) is 14.7. The van der Waals surface area contributed by atoms with Gasteiger partial charge in [-0.05, 0) is 19.4 Å². The Morgan fingerprint density at radius 2 is 1.12 bits per heavy atom. The van der Waals surface area contributed by atoms with Crippen LogP contribution in [-0.4, -0.2) is 85.8 Å². The average molecular weight is 413 g/mol. The minimum Gasteiger partial charge on any atom is -0.377 e. The number of hydrogen-bond donors (Lipinski definition) is 2. The summed E-state index contributed by atoms with van der Waals surface area (Å²) in [7, 11) is 4.54. The van der Waals surface area contributed by atoms with Crippen LogP contribution in [0, 0.1) is 0 Å². The standard InChI is InChI=1S/C15H36N2O7Si2/c1-19-25(20-2,21-3)13-7-10-16-12-9-15(18)17-11-8-14-26(22-4,23-5)24-6/h16H,7-14H2,1-6H3,(H,17,18). The molecule has 0 radical (unpaired) electrons. The van der Waals surface area contributed by atoms with E-state index in [0.29, 0.717) is 25.6 Å². The lowest BCUT2D eigenvalue weighted by molar-refractivity contribution is -0.121. The van der Waals surface area contributed by atoms with Crippen molar-refractivity contribution in [3.63, 3.8) is 0 Å². The number of carbonyl (C=O) groups is 1. The maximum absolute atomic E-state index is 11.8. The fourth-order valence-corrected chi connectivity index (χ4v) is 5.93. The molecule has 0 heterocycles. The lowest BCUT2D eigenvalue weighted by Crippen LogP contribution is -2.43. The van der Waals surface area contributed by atoms with Crippen molar-refractivity contribution in [1.29, 1.82) is 0 Å². The molecule has 11 heteroatoms. The minimum absolute atomic E-state index is 0.0198. The van der Waals surface area contributed by atoms with Gasteiger partial charge in [-0.25, -0.2) is 0 Å². The first-order valence-electron chi connectivity index (χ1n) is 8.75. The van der Waals surface area contributed by atoms with Gasteiger partial charge < -0.3 is 37.2 Å². The van der Waals surface area contributed by atoms with Crippen molar-refractivity contribution in [3.05, 3.63) is 0 Å². The quantitative estimate of drug-likeness (QED) is 0.265. The number of nitrogens with one attached hydrogen (secondary N) is 2. The van der Waals surface area contributed by atoms with Crippen LogP contribution in [0.4, 0.5) is 0 Å². The number of carbonyl (C=O) groups excluding carboxylic acids is 1. The van der Waals surface area contributed by atoms with Crippen LogP contribution in [0.2, 0.25) is 12.1 Å². The van der Waals surface area contributed by atoms with E-state index in [0.717, 1.165) is 25.4 Å². The molecule has 0 aromatic heterocycles. The van der Waals surface area contributed by atoms with E-state index in [1.165, 1.54) is 0 Å². The maximum Gasteiger partial charge on any atom is 0.500 e. The summed E-state index contributed by atoms with van der Waals surface area (Å²) in [6.07, 6.45) is 2.04. The first-order valence-corrected chi connectivity index (χ1v) is 12.6. The smallest absolute Gasteiger partial charge is 0.377 e. The monoisotopic (exact) mass is 412 g/mol. The number of rotatable bonds is 17. The van der Waals surface area contributed by atoms with Gasteiger partial charge in [0.05, 0.1) is 0 Å². The van der Waals surface area contributed by atoms with Gasteiger partial charge in [0.25, 0.3) is 0 Å². The normalized spacial score (nSPS) is 12.4. The summed E-state index contributed by atoms with van der Waals surface area (Å²) in [5.74, 6) is 0.0198. The Morgan fingerprint density at radius 1 is 0.692 bits per heavy atom. The number of hydrogen-bond acceptors (Lipinski definition) is 8. The summed E-state index contributed by atoms with van der Waals surface area (Å²) >= 11 is 0. The van der Waals surface area contributed by atoms with E-state index in [9.17, 15) is 4.79 Å². The second-order valence-corrected chi connectivity index (χ2v) is 11.8. The molecule has 0 aliphatic heterocycles. The Hall–Kier alpha value is -0.376. The predicted octanol–water partition coefficient (Wildman–Crippen LogP) is 0.619. The Kier molecular flexibility index (Phi) is 14.4. The molecule has 0 unspecified atom stereocenters. The third-order valence-electron chi connectivity index (χ3n) is 4.21. The zero-order chi connectivity index (χ0) is 19.9. The molecule has 0 fully saturated rings. The van der Waals surface area contributed by atoms with Gasteiger partial charge in [0.15, 0.2) is 0 Å². The fraction of sp³-hybridized carbons (Fsp3) is 0.933. The highest BCUT2D eigenvalue weighted by Crippen LogP contribution is 2.15. The molecule has 0 aromatic carbocycles. The van der Waals surface area contributed by atoms with E-state index in [2.05, 4.69) is 10.6 Å². The molecule has 2 N–H and O–H groups in total. The molecule has 26 heavy (non-hydrogen) atoms. The third-order valence-corrected chi connectivity index (χ3v) is 9.88. The Morgan fingerprint density at radius 3 is 1.54 bits per heavy atom. The lowest BCUT2D eigenvalue weighted by Gasteiger charge is -2.24. The highest BCUT2D eigenvalue weighted by molar-refractivity contribution is 6.60. The number of amides is 1. The zero-order valence-corrected chi connectivity index (χ0v) is 19.0. The van der Waals surface area contributed by atoms with Crippen molar-refractivity contribution in [2.24, 2.45) is 0 Å². The van der Waals surface area contributed by atoms with Crippen molar-refractivity contribution < 1.29 is 31.4 Å². The summed E-state index contributed by atoms with van der Waals surface area (Å²) in [6.45, 7) is 1.98. The first-order chi connectivity index (χ1) is 12.5. The first kappa shape index (κ1) is 25.6. The van der Waals surface area contributed by atoms with Crippen molar-refractivity contribution in [1.82, 2.24) is 10.6 Å². The molecule has 0 aromatic rings. The van der Waals surface area contributed by atoms with Gasteiger partial charge in [0, 0.05) is 74.3 Å². The molecular formula is C15H36N2O7Si2. The molecule has 9 nitrogen and oxygen atoms in total. The van der Waals surface area contributed by atoms with Gasteiger partial charge in [0.1, 0.15) is 0 Å². The largest absolute Gasteiger partial charge is 0.500 e. The van der Waals surface area contributed by atoms with Crippen LogP contribution in [0.1, 0.15) is 19.3 Å². The van der Waals surface area contributed by atoms with E-state index in [1.807, 2.05) is 0 Å². The van der Waals surface area contributed by atoms with E-state index in [4.69, 9.17) is 26.6 Å². The summed E-state index contributed by atoms with van der Waals surface area (Å²) < 4.78 is 32.1. The third kappa shape index (κ3) is 9.53. The molecule has 0 rings (SSSR count). The van der Waals surface area contributed by atoms with Crippen molar-refractivity contribution in [3.8, 4) is 0 Å². The van der Waals surface area contributed by atoms with Crippen molar-refractivity contribution in [2.45, 2.75) is 31.4 Å². The predicted molar refractivity (Wildman–Crippen MR) is 103 cm³/mol. The summed E-state index contributed by atoms with van der Waals surface area (Å²) in [6, 6.07) is 1.40. The highest BCUT2D eigenvalue weighted by atomic mass is 28.4. The molecule has 156 valence electrons. The van der Waals surface area contributed by atoms with E-state index >= 15 is 0 Å². The summed E-state index contributed by atoms with van der Waals surface area (Å²) in [5.41, 5.74) is 0. The van der Waals surface area contributed by atoms with Gasteiger partial charge in [-0.1, -0.05) is 0 Å². The zero-order valence-electron chi connectivity index (χ0n) is 17.0. The SMILES string of the molecule is CO[Si](CCCNCCC(=O)NCCC[Si](OC)(OC)OC)(OC)OC. The maximum atomic E-state index is 11.8. The molecule has 0 saturated carbocycles. The van der Waals surface area contributed by atoms with Gasteiger partial charge in [-0.3, -0.25) is 4.79 Å². The van der Waals surface area contributed by atoms with Crippen molar-refractivity contribution in [2.75, 3.05) is 62.3 Å². The molecular weight excluding hydrogens is 376 g/mol. The van der Waals surface area contributed by atoms with Gasteiger partial charge in [-0.15, -0.1) is 0 Å². The Labute approximate surface area is 159 Å². The Balaban J connectivity index is 3.75. The molecule has 0 aliphatic rings. The summed E-state index contributed by atoms with van der Waals surface area (Å²) in [4.78, 5) is 11.8. The second-order valence-electron chi connectivity index (χ2n) is 5.65. The van der Waals surface area contributed by atoms with Crippen LogP contribution in [0.3, 0.4) is 0 Å². The molecule has 0 bridgehead atoms. The van der Waals surface area contributed by atoms with Crippen LogP contribution in [-0.2, 0) is 31.4 Å². The summed E-state index contributed by atoms with van der Waals surface area (Å²) in [5, 5.41) is 6.14. The topological polar surface area (TPSA) is 96.5 Å². The fourth-order valence-electron chi connectivity index (χ4n) is 2.49. The van der Waals surface area contributed by atoms with Crippen LogP contribution >= 0.6 is 0 Å². The van der Waals surface area contributed by atoms with Crippen molar-refractivity contribution >= 4 is 23.5 Å². The molecule has 1 amide bonds. The average Bonchev–Trinajstić information content (AvgIpc) is 2.69. The van der Waals surface area contributed by atoms with Crippen LogP contribution in [0.5, 0.6) is 0 Å². The van der Waals surface area contributed by atoms with Crippen LogP contribution < -0.4 is 10.6 Å². The van der Waals surface area contributed by atoms with E-state index in [1.54, 1.807) is 42.7 Å². The van der Waals surface area contributed by atoms with E-state index < -0.39 is 17.6 Å². The van der Waals surface area contributed by atoms with Gasteiger partial charge in [-0.2, -0.15) is 0 Å². The van der Waals surface area contributed by atoms with Gasteiger partial charge in [0.2, 0.25) is 5.91 Å². The van der Waals surface area contributed by atoms with E-state index in [-0.39, 0.29) is 5.91 Å². The van der Waals surface area contributed by atoms with Crippen LogP contribution in [0.15, 0.2) is 0 Å². The Bertz CT molecular complexity index is 353. The minimum atomic E-state index is -2.55. The molecule has 0 saturated heterocycles. The molecule has 0 spiro atoms. The van der Waals surface area contributed by atoms with Crippen LogP contribution in [0.25, 0.3) is 0 Å². The molecule has 0 atom stereocenters.